The molecule has 1 heterocycles. The Labute approximate surface area is 190 Å². The number of benzene rings is 2. The third kappa shape index (κ3) is 4.88. The molecule has 0 unspecified atom stereocenters. The topological polar surface area (TPSA) is 104 Å². The molecule has 10 heteroatoms. The number of rotatable bonds is 6. The number of nitrogens with one attached hydrogen (secondary N) is 1. The molecule has 0 bridgehead atoms. The minimum absolute atomic E-state index is 0.0640. The van der Waals surface area contributed by atoms with E-state index in [1.807, 2.05) is 0 Å². The summed E-state index contributed by atoms with van der Waals surface area (Å²) in [7, 11) is -4.49. The van der Waals surface area contributed by atoms with E-state index in [-0.39, 0.29) is 15.4 Å². The van der Waals surface area contributed by atoms with Crippen LogP contribution in [0.25, 0.3) is 0 Å². The number of sulfonamides is 2. The van der Waals surface area contributed by atoms with E-state index < -0.39 is 26.0 Å². The van der Waals surface area contributed by atoms with Crippen LogP contribution in [0.1, 0.15) is 40.7 Å². The van der Waals surface area contributed by atoms with Crippen LogP contribution >= 0.6 is 0 Å². The maximum Gasteiger partial charge on any atom is 0.255 e. The number of hydrogen-bond acceptors (Lipinski definition) is 5. The maximum absolute atomic E-state index is 12.9. The van der Waals surface area contributed by atoms with Crippen molar-refractivity contribution < 1.29 is 21.6 Å². The van der Waals surface area contributed by atoms with Crippen molar-refractivity contribution in [2.75, 3.05) is 32.5 Å². The normalized spacial score (nSPS) is 15.7. The van der Waals surface area contributed by atoms with E-state index in [0.29, 0.717) is 29.9 Å². The Bertz CT molecular complexity index is 1230. The highest BCUT2D eigenvalue weighted by atomic mass is 32.2. The Morgan fingerprint density at radius 2 is 1.62 bits per heavy atom. The molecular formula is C22H29N3O5S2. The third-order valence-electron chi connectivity index (χ3n) is 5.69. The number of amides is 1. The lowest BCUT2D eigenvalue weighted by molar-refractivity contribution is 0.102. The number of anilines is 1. The predicted molar refractivity (Wildman–Crippen MR) is 124 cm³/mol. The molecule has 32 heavy (non-hydrogen) atoms. The fourth-order valence-electron chi connectivity index (χ4n) is 3.61. The van der Waals surface area contributed by atoms with Gasteiger partial charge in [-0.1, -0.05) is 12.5 Å². The van der Waals surface area contributed by atoms with Gasteiger partial charge >= 0.3 is 0 Å². The summed E-state index contributed by atoms with van der Waals surface area (Å²) in [6.45, 7) is 4.42. The molecule has 1 aliphatic rings. The lowest BCUT2D eigenvalue weighted by Gasteiger charge is -2.26. The van der Waals surface area contributed by atoms with Crippen molar-refractivity contribution in [3.05, 3.63) is 53.1 Å². The van der Waals surface area contributed by atoms with Crippen LogP contribution in [0, 0.1) is 13.8 Å². The summed E-state index contributed by atoms with van der Waals surface area (Å²) in [6.07, 6.45) is 2.69. The van der Waals surface area contributed by atoms with Crippen molar-refractivity contribution in [3.63, 3.8) is 0 Å². The molecule has 0 spiro atoms. The van der Waals surface area contributed by atoms with Crippen molar-refractivity contribution in [3.8, 4) is 0 Å². The number of carbonyl (C=O) groups excluding carboxylic acids is 1. The number of piperidine rings is 1. The first-order chi connectivity index (χ1) is 14.9. The van der Waals surface area contributed by atoms with Gasteiger partial charge in [-0.15, -0.1) is 0 Å². The predicted octanol–water partition coefficient (Wildman–Crippen LogP) is 2.98. The molecule has 0 atom stereocenters. The Balaban J connectivity index is 1.90. The van der Waals surface area contributed by atoms with Crippen LogP contribution in [0.4, 0.5) is 5.69 Å². The summed E-state index contributed by atoms with van der Waals surface area (Å²) >= 11 is 0. The zero-order valence-electron chi connectivity index (χ0n) is 18.8. The molecule has 0 radical (unpaired) electrons. The lowest BCUT2D eigenvalue weighted by atomic mass is 10.1. The van der Waals surface area contributed by atoms with Crippen molar-refractivity contribution in [2.24, 2.45) is 0 Å². The van der Waals surface area contributed by atoms with Gasteiger partial charge in [0.25, 0.3) is 5.91 Å². The largest absolute Gasteiger partial charge is 0.322 e. The van der Waals surface area contributed by atoms with Gasteiger partial charge in [0.2, 0.25) is 20.0 Å². The Hall–Kier alpha value is -2.27. The van der Waals surface area contributed by atoms with E-state index in [1.165, 1.54) is 36.6 Å². The molecule has 3 rings (SSSR count). The fourth-order valence-corrected chi connectivity index (χ4v) is 6.40. The van der Waals surface area contributed by atoms with E-state index in [0.717, 1.165) is 23.6 Å². The van der Waals surface area contributed by atoms with Crippen LogP contribution in [0.5, 0.6) is 0 Å². The van der Waals surface area contributed by atoms with Crippen LogP contribution in [-0.4, -0.2) is 58.5 Å². The second-order valence-electron chi connectivity index (χ2n) is 8.15. The molecule has 0 saturated carbocycles. The van der Waals surface area contributed by atoms with Gasteiger partial charge in [0.05, 0.1) is 9.79 Å². The van der Waals surface area contributed by atoms with Crippen LogP contribution in [0.2, 0.25) is 0 Å². The zero-order valence-corrected chi connectivity index (χ0v) is 20.4. The summed E-state index contributed by atoms with van der Waals surface area (Å²) < 4.78 is 53.8. The maximum atomic E-state index is 12.9. The second-order valence-corrected chi connectivity index (χ2v) is 12.2. The van der Waals surface area contributed by atoms with Gasteiger partial charge in [-0.2, -0.15) is 4.31 Å². The highest BCUT2D eigenvalue weighted by molar-refractivity contribution is 7.89. The summed E-state index contributed by atoms with van der Waals surface area (Å²) in [5, 5.41) is 2.70. The first-order valence-electron chi connectivity index (χ1n) is 10.4. The minimum atomic E-state index is -3.73. The molecule has 1 aliphatic heterocycles. The number of hydrogen-bond donors (Lipinski definition) is 1. The molecular weight excluding hydrogens is 450 g/mol. The van der Waals surface area contributed by atoms with Crippen molar-refractivity contribution in [1.29, 1.82) is 0 Å². The van der Waals surface area contributed by atoms with Crippen LogP contribution in [0.15, 0.2) is 46.2 Å². The van der Waals surface area contributed by atoms with Crippen molar-refractivity contribution in [2.45, 2.75) is 42.9 Å². The van der Waals surface area contributed by atoms with E-state index in [1.54, 1.807) is 32.0 Å². The zero-order chi connectivity index (χ0) is 23.7. The van der Waals surface area contributed by atoms with Gasteiger partial charge < -0.3 is 5.32 Å². The highest BCUT2D eigenvalue weighted by Crippen LogP contribution is 2.26. The summed E-state index contributed by atoms with van der Waals surface area (Å²) in [5.74, 6) is -0.518. The molecule has 1 amide bonds. The number of carbonyl (C=O) groups is 1. The Morgan fingerprint density at radius 3 is 2.25 bits per heavy atom. The average Bonchev–Trinajstić information content (AvgIpc) is 2.76. The second kappa shape index (κ2) is 9.30. The molecule has 0 aromatic heterocycles. The van der Waals surface area contributed by atoms with E-state index in [4.69, 9.17) is 0 Å². The highest BCUT2D eigenvalue weighted by Gasteiger charge is 2.26. The SMILES string of the molecule is Cc1cc(C(=O)Nc2cccc(S(=O)(=O)N3CCCCC3)c2)cc(S(=O)(=O)N(C)C)c1C. The minimum Gasteiger partial charge on any atom is -0.322 e. The van der Waals surface area contributed by atoms with E-state index in [9.17, 15) is 21.6 Å². The first-order valence-corrected chi connectivity index (χ1v) is 13.3. The van der Waals surface area contributed by atoms with Gasteiger partial charge in [0.1, 0.15) is 0 Å². The van der Waals surface area contributed by atoms with Crippen molar-refractivity contribution in [1.82, 2.24) is 8.61 Å². The summed E-state index contributed by atoms with van der Waals surface area (Å²) in [6, 6.07) is 9.09. The smallest absolute Gasteiger partial charge is 0.255 e. The van der Waals surface area contributed by atoms with Crippen LogP contribution in [-0.2, 0) is 20.0 Å². The molecule has 8 nitrogen and oxygen atoms in total. The monoisotopic (exact) mass is 479 g/mol. The van der Waals surface area contributed by atoms with Crippen LogP contribution in [0.3, 0.4) is 0 Å². The molecule has 2 aromatic carbocycles. The molecule has 174 valence electrons. The van der Waals surface area contributed by atoms with Gasteiger partial charge in [-0.3, -0.25) is 4.79 Å². The van der Waals surface area contributed by atoms with Gasteiger partial charge in [-0.05, 0) is 68.1 Å². The summed E-state index contributed by atoms with van der Waals surface area (Å²) in [4.78, 5) is 13.1. The quantitative estimate of drug-likeness (QED) is 0.686. The lowest BCUT2D eigenvalue weighted by Crippen LogP contribution is -2.35. The van der Waals surface area contributed by atoms with E-state index >= 15 is 0 Å². The average molecular weight is 480 g/mol. The first kappa shape index (κ1) is 24.4. The van der Waals surface area contributed by atoms with Crippen LogP contribution < -0.4 is 5.32 Å². The molecule has 0 aliphatic carbocycles. The van der Waals surface area contributed by atoms with Gasteiger partial charge in [0, 0.05) is 38.4 Å². The fraction of sp³-hybridized carbons (Fsp3) is 0.409. The molecule has 1 fully saturated rings. The number of aryl methyl sites for hydroxylation is 1. The molecule has 1 N–H and O–H groups in total. The Kier molecular flexibility index (Phi) is 7.09. The van der Waals surface area contributed by atoms with Crippen molar-refractivity contribution >= 4 is 31.6 Å². The van der Waals surface area contributed by atoms with Gasteiger partial charge in [0.15, 0.2) is 0 Å². The number of nitrogens with zero attached hydrogens (tertiary/aromatic N) is 2. The summed E-state index contributed by atoms with van der Waals surface area (Å²) in [5.41, 5.74) is 1.74. The Morgan fingerprint density at radius 1 is 0.969 bits per heavy atom. The third-order valence-corrected chi connectivity index (χ3v) is 9.52. The molecule has 2 aromatic rings. The van der Waals surface area contributed by atoms with Gasteiger partial charge in [-0.25, -0.2) is 21.1 Å². The standard InChI is InChI=1S/C22H29N3O5S2/c1-16-13-18(14-21(17(16)2)32(29,30)24(3)4)22(26)23-19-9-8-10-20(15-19)31(27,28)25-11-6-5-7-12-25/h8-10,13-15H,5-7,11-12H2,1-4H3,(H,23,26). The molecule has 1 saturated heterocycles. The van der Waals surface area contributed by atoms with E-state index in [2.05, 4.69) is 5.32 Å².